The van der Waals surface area contributed by atoms with Gasteiger partial charge in [-0.3, -0.25) is 4.79 Å². The Morgan fingerprint density at radius 3 is 2.72 bits per heavy atom. The fourth-order valence-electron chi connectivity index (χ4n) is 1.72. The Kier molecular flexibility index (Phi) is 6.48. The molecule has 1 atom stereocenters. The molecule has 3 N–H and O–H groups in total. The summed E-state index contributed by atoms with van der Waals surface area (Å²) < 4.78 is 1.06. The highest BCUT2D eigenvalue weighted by Crippen LogP contribution is 2.16. The van der Waals surface area contributed by atoms with Gasteiger partial charge in [0.2, 0.25) is 0 Å². The van der Waals surface area contributed by atoms with Crippen molar-refractivity contribution in [1.29, 1.82) is 0 Å². The number of benzene rings is 1. The minimum Gasteiger partial charge on any atom is -0.340 e. The lowest BCUT2D eigenvalue weighted by atomic mass is 10.0. The van der Waals surface area contributed by atoms with Gasteiger partial charge in [0.15, 0.2) is 6.54 Å². The zero-order chi connectivity index (χ0) is 13.4. The Balaban J connectivity index is 2.50. The minimum absolute atomic E-state index is 0.0245. The second-order valence-electron chi connectivity index (χ2n) is 3.99. The van der Waals surface area contributed by atoms with Gasteiger partial charge in [0.05, 0.1) is 6.54 Å². The number of terminal acetylenes is 1. The molecule has 96 valence electrons. The summed E-state index contributed by atoms with van der Waals surface area (Å²) in [5.41, 5.74) is 1.23. The SMILES string of the molecule is C#CCNC(=O)C[NH2+][C@@H](CC)c1ccc(Br)cc1. The summed E-state index contributed by atoms with van der Waals surface area (Å²) >= 11 is 3.41. The van der Waals surface area contributed by atoms with Crippen molar-refractivity contribution in [2.45, 2.75) is 19.4 Å². The maximum Gasteiger partial charge on any atom is 0.275 e. The fraction of sp³-hybridized carbons (Fsp3) is 0.357. The molecule has 4 heteroatoms. The summed E-state index contributed by atoms with van der Waals surface area (Å²) in [7, 11) is 0. The van der Waals surface area contributed by atoms with Gasteiger partial charge in [-0.1, -0.05) is 40.9 Å². The normalized spacial score (nSPS) is 11.6. The van der Waals surface area contributed by atoms with E-state index in [1.165, 1.54) is 5.56 Å². The molecule has 0 bridgehead atoms. The van der Waals surface area contributed by atoms with Crippen molar-refractivity contribution < 1.29 is 10.1 Å². The molecule has 1 aromatic carbocycles. The average molecular weight is 310 g/mol. The predicted octanol–water partition coefficient (Wildman–Crippen LogP) is 1.21. The minimum atomic E-state index is -0.0245. The van der Waals surface area contributed by atoms with Crippen LogP contribution in [0.25, 0.3) is 0 Å². The number of hydrogen-bond donors (Lipinski definition) is 2. The van der Waals surface area contributed by atoms with Crippen LogP contribution >= 0.6 is 15.9 Å². The van der Waals surface area contributed by atoms with Gasteiger partial charge < -0.3 is 10.6 Å². The third-order valence-corrected chi connectivity index (χ3v) is 3.24. The van der Waals surface area contributed by atoms with E-state index in [-0.39, 0.29) is 5.91 Å². The number of nitrogens with one attached hydrogen (secondary N) is 1. The van der Waals surface area contributed by atoms with Crippen molar-refractivity contribution in [3.8, 4) is 12.3 Å². The van der Waals surface area contributed by atoms with Crippen molar-refractivity contribution in [2.24, 2.45) is 0 Å². The van der Waals surface area contributed by atoms with E-state index in [4.69, 9.17) is 6.42 Å². The lowest BCUT2D eigenvalue weighted by molar-refractivity contribution is -0.686. The first-order valence-corrected chi connectivity index (χ1v) is 6.75. The highest BCUT2D eigenvalue weighted by molar-refractivity contribution is 9.10. The number of halogens is 1. The lowest BCUT2D eigenvalue weighted by Crippen LogP contribution is -2.87. The molecule has 0 saturated heterocycles. The van der Waals surface area contributed by atoms with Crippen molar-refractivity contribution in [1.82, 2.24) is 5.32 Å². The molecule has 0 saturated carbocycles. The van der Waals surface area contributed by atoms with E-state index in [9.17, 15) is 4.79 Å². The molecule has 1 amide bonds. The molecule has 0 radical (unpaired) electrons. The first-order chi connectivity index (χ1) is 8.67. The Morgan fingerprint density at radius 2 is 2.17 bits per heavy atom. The summed E-state index contributed by atoms with van der Waals surface area (Å²) in [6, 6.07) is 8.49. The predicted molar refractivity (Wildman–Crippen MR) is 75.8 cm³/mol. The van der Waals surface area contributed by atoms with Crippen LogP contribution in [-0.4, -0.2) is 19.0 Å². The van der Waals surface area contributed by atoms with Gasteiger partial charge in [-0.2, -0.15) is 0 Å². The van der Waals surface area contributed by atoms with Crippen LogP contribution in [0, 0.1) is 12.3 Å². The molecule has 0 aliphatic heterocycles. The number of hydrogen-bond acceptors (Lipinski definition) is 1. The van der Waals surface area contributed by atoms with E-state index >= 15 is 0 Å². The Morgan fingerprint density at radius 1 is 1.50 bits per heavy atom. The number of carbonyl (C=O) groups excluding carboxylic acids is 1. The topological polar surface area (TPSA) is 45.7 Å². The van der Waals surface area contributed by atoms with E-state index < -0.39 is 0 Å². The zero-order valence-corrected chi connectivity index (χ0v) is 12.0. The summed E-state index contributed by atoms with van der Waals surface area (Å²) in [5, 5.41) is 4.70. The van der Waals surface area contributed by atoms with Crippen molar-refractivity contribution in [3.63, 3.8) is 0 Å². The van der Waals surface area contributed by atoms with E-state index in [1.807, 2.05) is 17.4 Å². The van der Waals surface area contributed by atoms with Crippen LogP contribution < -0.4 is 10.6 Å². The monoisotopic (exact) mass is 309 g/mol. The summed E-state index contributed by atoms with van der Waals surface area (Å²) in [4.78, 5) is 11.5. The van der Waals surface area contributed by atoms with Gasteiger partial charge in [0.25, 0.3) is 5.91 Å². The van der Waals surface area contributed by atoms with Crippen LogP contribution in [0.4, 0.5) is 0 Å². The average Bonchev–Trinajstić information content (AvgIpc) is 2.39. The van der Waals surface area contributed by atoms with Crippen LogP contribution in [0.2, 0.25) is 0 Å². The molecule has 0 unspecified atom stereocenters. The highest BCUT2D eigenvalue weighted by atomic mass is 79.9. The number of amides is 1. The smallest absolute Gasteiger partial charge is 0.275 e. The highest BCUT2D eigenvalue weighted by Gasteiger charge is 2.14. The molecule has 3 nitrogen and oxygen atoms in total. The Labute approximate surface area is 116 Å². The molecule has 0 heterocycles. The number of quaternary nitrogens is 1. The zero-order valence-electron chi connectivity index (χ0n) is 10.4. The summed E-state index contributed by atoms with van der Waals surface area (Å²) in [5.74, 6) is 2.36. The molecule has 0 fully saturated rings. The molecular weight excluding hydrogens is 292 g/mol. The molecule has 0 spiro atoms. The quantitative estimate of drug-likeness (QED) is 0.762. The second kappa shape index (κ2) is 7.91. The third-order valence-electron chi connectivity index (χ3n) is 2.71. The summed E-state index contributed by atoms with van der Waals surface area (Å²) in [6.45, 7) is 2.81. The molecular formula is C14H18BrN2O+. The van der Waals surface area contributed by atoms with E-state index in [0.29, 0.717) is 19.1 Å². The standard InChI is InChI=1S/C14H17BrN2O/c1-3-9-16-14(18)10-17-13(4-2)11-5-7-12(15)8-6-11/h1,5-8,13,17H,4,9-10H2,2H3,(H,16,18)/p+1/t13-/m0/s1. The van der Waals surface area contributed by atoms with Crippen LogP contribution in [0.15, 0.2) is 28.7 Å². The van der Waals surface area contributed by atoms with Crippen LogP contribution in [0.5, 0.6) is 0 Å². The maximum absolute atomic E-state index is 11.5. The van der Waals surface area contributed by atoms with Crippen LogP contribution in [-0.2, 0) is 4.79 Å². The van der Waals surface area contributed by atoms with Gasteiger partial charge in [-0.05, 0) is 12.1 Å². The number of rotatable bonds is 6. The third kappa shape index (κ3) is 4.91. The van der Waals surface area contributed by atoms with Gasteiger partial charge in [-0.25, -0.2) is 0 Å². The van der Waals surface area contributed by atoms with Gasteiger partial charge in [0, 0.05) is 16.5 Å². The van der Waals surface area contributed by atoms with Crippen molar-refractivity contribution in [3.05, 3.63) is 34.3 Å². The lowest BCUT2D eigenvalue weighted by Gasteiger charge is -2.13. The molecule has 18 heavy (non-hydrogen) atoms. The van der Waals surface area contributed by atoms with E-state index in [0.717, 1.165) is 10.9 Å². The maximum atomic E-state index is 11.5. The molecule has 0 aliphatic carbocycles. The number of nitrogens with two attached hydrogens (primary N) is 1. The summed E-state index contributed by atoms with van der Waals surface area (Å²) in [6.07, 6.45) is 6.06. The fourth-order valence-corrected chi connectivity index (χ4v) is 1.98. The van der Waals surface area contributed by atoms with Crippen LogP contribution in [0.3, 0.4) is 0 Å². The molecule has 0 aromatic heterocycles. The van der Waals surface area contributed by atoms with Gasteiger partial charge in [0.1, 0.15) is 6.04 Å². The van der Waals surface area contributed by atoms with Gasteiger partial charge in [-0.15, -0.1) is 6.42 Å². The molecule has 1 aromatic rings. The largest absolute Gasteiger partial charge is 0.340 e. The second-order valence-corrected chi connectivity index (χ2v) is 4.90. The number of carbonyl (C=O) groups is 1. The van der Waals surface area contributed by atoms with Crippen LogP contribution in [0.1, 0.15) is 24.9 Å². The van der Waals surface area contributed by atoms with Gasteiger partial charge >= 0.3 is 0 Å². The molecule has 0 aliphatic rings. The molecule has 1 rings (SSSR count). The Hall–Kier alpha value is -1.31. The first kappa shape index (κ1) is 14.7. The van der Waals surface area contributed by atoms with Crippen molar-refractivity contribution in [2.75, 3.05) is 13.1 Å². The first-order valence-electron chi connectivity index (χ1n) is 5.96. The Bertz CT molecular complexity index is 422. The van der Waals surface area contributed by atoms with Crippen molar-refractivity contribution >= 4 is 21.8 Å². The van der Waals surface area contributed by atoms with E-state index in [2.05, 4.69) is 46.2 Å². The van der Waals surface area contributed by atoms with E-state index in [1.54, 1.807) is 0 Å².